The van der Waals surface area contributed by atoms with Crippen LogP contribution in [-0.4, -0.2) is 28.4 Å². The molecule has 0 bridgehead atoms. The molecule has 0 radical (unpaired) electrons. The second kappa shape index (κ2) is 7.26. The number of nitrogens with zero attached hydrogens (tertiary/aromatic N) is 2. The van der Waals surface area contributed by atoms with E-state index in [1.165, 1.54) is 25.7 Å². The van der Waals surface area contributed by atoms with Crippen LogP contribution in [0.1, 0.15) is 60.5 Å². The Morgan fingerprint density at radius 3 is 2.52 bits per heavy atom. The van der Waals surface area contributed by atoms with Crippen LogP contribution in [0.5, 0.6) is 0 Å². The zero-order valence-electron chi connectivity index (χ0n) is 14.5. The largest absolute Gasteiger partial charge is 0.367 e. The predicted molar refractivity (Wildman–Crippen MR) is 99.6 cm³/mol. The van der Waals surface area contributed by atoms with Gasteiger partial charge in [-0.1, -0.05) is 37.1 Å². The lowest BCUT2D eigenvalue weighted by Crippen LogP contribution is -2.30. The van der Waals surface area contributed by atoms with Gasteiger partial charge >= 0.3 is 0 Å². The van der Waals surface area contributed by atoms with Crippen molar-refractivity contribution in [1.29, 1.82) is 0 Å². The maximum Gasteiger partial charge on any atom is 0.254 e. The number of pyridine rings is 1. The van der Waals surface area contributed by atoms with Crippen molar-refractivity contribution in [3.05, 3.63) is 59.8 Å². The number of hydrogen-bond donors (Lipinski definition) is 1. The van der Waals surface area contributed by atoms with Crippen molar-refractivity contribution in [3.8, 4) is 0 Å². The Hall–Kier alpha value is -2.36. The van der Waals surface area contributed by atoms with Gasteiger partial charge in [-0.2, -0.15) is 0 Å². The second-order valence-electron chi connectivity index (χ2n) is 7.13. The van der Waals surface area contributed by atoms with Gasteiger partial charge in [0.25, 0.3) is 5.91 Å². The van der Waals surface area contributed by atoms with Crippen LogP contribution in [0, 0.1) is 0 Å². The molecule has 130 valence electrons. The van der Waals surface area contributed by atoms with E-state index in [1.54, 1.807) is 0 Å². The number of amides is 1. The van der Waals surface area contributed by atoms with Gasteiger partial charge in [0.2, 0.25) is 0 Å². The van der Waals surface area contributed by atoms with E-state index in [-0.39, 0.29) is 11.9 Å². The molecule has 1 saturated heterocycles. The lowest BCUT2D eigenvalue weighted by Gasteiger charge is -2.25. The Kier molecular flexibility index (Phi) is 4.68. The fraction of sp³-hybridized carbons (Fsp3) is 0.429. The van der Waals surface area contributed by atoms with Gasteiger partial charge in [-0.25, -0.2) is 4.98 Å². The molecular formula is C21H25N3O. The Bertz CT molecular complexity index is 708. The highest BCUT2D eigenvalue weighted by Crippen LogP contribution is 2.33. The SMILES string of the molecule is O=C(c1ccccc1)N1CCC[C@H]1c1ccc(NC2CCCC2)nc1. The molecule has 4 rings (SSSR count). The minimum absolute atomic E-state index is 0.122. The summed E-state index contributed by atoms with van der Waals surface area (Å²) in [4.78, 5) is 19.4. The van der Waals surface area contributed by atoms with Crippen LogP contribution < -0.4 is 5.32 Å². The third-order valence-electron chi connectivity index (χ3n) is 5.41. The first-order valence-electron chi connectivity index (χ1n) is 9.40. The molecule has 1 aliphatic carbocycles. The highest BCUT2D eigenvalue weighted by atomic mass is 16.2. The van der Waals surface area contributed by atoms with Gasteiger partial charge in [-0.05, 0) is 49.4 Å². The molecule has 1 aromatic heterocycles. The first kappa shape index (κ1) is 16.1. The van der Waals surface area contributed by atoms with E-state index in [2.05, 4.69) is 22.4 Å². The summed E-state index contributed by atoms with van der Waals surface area (Å²) in [5, 5.41) is 3.53. The Balaban J connectivity index is 1.47. The van der Waals surface area contributed by atoms with E-state index in [4.69, 9.17) is 0 Å². The molecular weight excluding hydrogens is 310 g/mol. The van der Waals surface area contributed by atoms with Gasteiger partial charge in [-0.3, -0.25) is 4.79 Å². The Morgan fingerprint density at radius 1 is 1.00 bits per heavy atom. The number of likely N-dealkylation sites (tertiary alicyclic amines) is 1. The van der Waals surface area contributed by atoms with Gasteiger partial charge in [0.05, 0.1) is 6.04 Å². The van der Waals surface area contributed by atoms with Crippen molar-refractivity contribution < 1.29 is 4.79 Å². The monoisotopic (exact) mass is 335 g/mol. The quantitative estimate of drug-likeness (QED) is 0.900. The number of hydrogen-bond acceptors (Lipinski definition) is 3. The summed E-state index contributed by atoms with van der Waals surface area (Å²) in [6.07, 6.45) is 9.11. The number of carbonyl (C=O) groups excluding carboxylic acids is 1. The second-order valence-corrected chi connectivity index (χ2v) is 7.13. The lowest BCUT2D eigenvalue weighted by molar-refractivity contribution is 0.0735. The molecule has 1 aromatic carbocycles. The smallest absolute Gasteiger partial charge is 0.254 e. The summed E-state index contributed by atoms with van der Waals surface area (Å²) in [5.74, 6) is 1.07. The summed E-state index contributed by atoms with van der Waals surface area (Å²) in [7, 11) is 0. The molecule has 2 fully saturated rings. The summed E-state index contributed by atoms with van der Waals surface area (Å²) < 4.78 is 0. The van der Waals surface area contributed by atoms with Crippen LogP contribution >= 0.6 is 0 Å². The zero-order valence-corrected chi connectivity index (χ0v) is 14.5. The number of anilines is 1. The van der Waals surface area contributed by atoms with Crippen molar-refractivity contribution in [1.82, 2.24) is 9.88 Å². The molecule has 2 aromatic rings. The molecule has 1 amide bonds. The fourth-order valence-corrected chi connectivity index (χ4v) is 4.07. The first-order valence-corrected chi connectivity index (χ1v) is 9.40. The molecule has 4 nitrogen and oxygen atoms in total. The Morgan fingerprint density at radius 2 is 1.80 bits per heavy atom. The normalized spacial score (nSPS) is 20.8. The van der Waals surface area contributed by atoms with Crippen molar-refractivity contribution in [2.75, 3.05) is 11.9 Å². The number of nitrogens with one attached hydrogen (secondary N) is 1. The van der Waals surface area contributed by atoms with Gasteiger partial charge in [0.1, 0.15) is 5.82 Å². The standard InChI is InChI=1S/C21H25N3O/c25-21(16-7-2-1-3-8-16)24-14-6-11-19(24)17-12-13-20(22-15-17)23-18-9-4-5-10-18/h1-3,7-8,12-13,15,18-19H,4-6,9-11,14H2,(H,22,23)/t19-/m0/s1. The molecule has 4 heteroatoms. The van der Waals surface area contributed by atoms with Crippen LogP contribution in [0.15, 0.2) is 48.7 Å². The van der Waals surface area contributed by atoms with E-state index < -0.39 is 0 Å². The van der Waals surface area contributed by atoms with Crippen molar-refractivity contribution in [2.24, 2.45) is 0 Å². The fourth-order valence-electron chi connectivity index (χ4n) is 4.07. The van der Waals surface area contributed by atoms with Crippen LogP contribution in [0.4, 0.5) is 5.82 Å². The average Bonchev–Trinajstić information content (AvgIpc) is 3.34. The van der Waals surface area contributed by atoms with E-state index in [9.17, 15) is 4.79 Å². The molecule has 1 saturated carbocycles. The maximum atomic E-state index is 12.8. The average molecular weight is 335 g/mol. The van der Waals surface area contributed by atoms with Gasteiger partial charge in [-0.15, -0.1) is 0 Å². The first-order chi connectivity index (χ1) is 12.3. The van der Waals surface area contributed by atoms with Crippen LogP contribution in [0.25, 0.3) is 0 Å². The van der Waals surface area contributed by atoms with Gasteiger partial charge in [0.15, 0.2) is 0 Å². The predicted octanol–water partition coefficient (Wildman–Crippen LogP) is 4.41. The number of aromatic nitrogens is 1. The lowest BCUT2D eigenvalue weighted by atomic mass is 10.1. The summed E-state index contributed by atoms with van der Waals surface area (Å²) in [6.45, 7) is 0.820. The molecule has 2 aliphatic rings. The number of benzene rings is 1. The highest BCUT2D eigenvalue weighted by Gasteiger charge is 2.30. The van der Waals surface area contributed by atoms with Crippen molar-refractivity contribution >= 4 is 11.7 Å². The summed E-state index contributed by atoms with van der Waals surface area (Å²) >= 11 is 0. The van der Waals surface area contributed by atoms with Crippen LogP contribution in [0.2, 0.25) is 0 Å². The van der Waals surface area contributed by atoms with E-state index in [0.717, 1.165) is 36.3 Å². The molecule has 0 spiro atoms. The Labute approximate surface area is 149 Å². The highest BCUT2D eigenvalue weighted by molar-refractivity contribution is 5.94. The minimum atomic E-state index is 0.122. The number of carbonyl (C=O) groups is 1. The van der Waals surface area contributed by atoms with Crippen LogP contribution in [-0.2, 0) is 0 Å². The third-order valence-corrected chi connectivity index (χ3v) is 5.41. The van der Waals surface area contributed by atoms with E-state index in [0.29, 0.717) is 6.04 Å². The zero-order chi connectivity index (χ0) is 17.1. The van der Waals surface area contributed by atoms with Gasteiger partial charge in [0, 0.05) is 24.3 Å². The summed E-state index contributed by atoms with van der Waals surface area (Å²) in [5.41, 5.74) is 1.90. The minimum Gasteiger partial charge on any atom is -0.367 e. The van der Waals surface area contributed by atoms with Gasteiger partial charge < -0.3 is 10.2 Å². The van der Waals surface area contributed by atoms with Crippen LogP contribution in [0.3, 0.4) is 0 Å². The van der Waals surface area contributed by atoms with E-state index in [1.807, 2.05) is 41.4 Å². The maximum absolute atomic E-state index is 12.8. The molecule has 1 aliphatic heterocycles. The van der Waals surface area contributed by atoms with Crippen molar-refractivity contribution in [2.45, 2.75) is 50.6 Å². The molecule has 2 heterocycles. The summed E-state index contributed by atoms with van der Waals surface area (Å²) in [6, 6.07) is 14.5. The molecule has 1 atom stereocenters. The topological polar surface area (TPSA) is 45.2 Å². The van der Waals surface area contributed by atoms with E-state index >= 15 is 0 Å². The molecule has 1 N–H and O–H groups in total. The molecule has 25 heavy (non-hydrogen) atoms. The number of rotatable bonds is 4. The van der Waals surface area contributed by atoms with Crippen molar-refractivity contribution in [3.63, 3.8) is 0 Å². The third kappa shape index (κ3) is 3.53. The molecule has 0 unspecified atom stereocenters.